The quantitative estimate of drug-likeness (QED) is 0.554. The molecule has 1 rings (SSSR count). The summed E-state index contributed by atoms with van der Waals surface area (Å²) in [5, 5.41) is 0. The van der Waals surface area contributed by atoms with E-state index in [4.69, 9.17) is 0 Å². The summed E-state index contributed by atoms with van der Waals surface area (Å²) < 4.78 is 0. The van der Waals surface area contributed by atoms with Crippen LogP contribution >= 0.6 is 0 Å². The minimum Gasteiger partial charge on any atom is -0.345 e. The van der Waals surface area contributed by atoms with Gasteiger partial charge in [0, 0.05) is 25.2 Å². The topological polar surface area (TPSA) is 37.4 Å². The molecule has 1 aromatic carbocycles. The molecule has 0 saturated heterocycles. The molecule has 0 spiro atoms. The molecule has 15 heavy (non-hydrogen) atoms. The molecule has 78 valence electrons. The summed E-state index contributed by atoms with van der Waals surface area (Å²) in [6.07, 6.45) is 1.25. The van der Waals surface area contributed by atoms with Crippen LogP contribution in [-0.4, -0.2) is 30.7 Å². The molecule has 3 nitrogen and oxygen atoms in total. The maximum atomic E-state index is 11.5. The van der Waals surface area contributed by atoms with Gasteiger partial charge in [-0.15, -0.1) is 0 Å². The van der Waals surface area contributed by atoms with Crippen molar-refractivity contribution < 1.29 is 9.59 Å². The number of ketones is 1. The fraction of sp³-hybridized carbons (Fsp3) is 0.167. The van der Waals surface area contributed by atoms with Gasteiger partial charge in [-0.2, -0.15) is 0 Å². The van der Waals surface area contributed by atoms with E-state index in [1.54, 1.807) is 38.4 Å². The lowest BCUT2D eigenvalue weighted by Crippen LogP contribution is -2.21. The van der Waals surface area contributed by atoms with Crippen LogP contribution in [0.15, 0.2) is 36.9 Å². The van der Waals surface area contributed by atoms with Crippen molar-refractivity contribution in [2.24, 2.45) is 0 Å². The molecule has 0 N–H and O–H groups in total. The largest absolute Gasteiger partial charge is 0.345 e. The first-order chi connectivity index (χ1) is 7.06. The Morgan fingerprint density at radius 2 is 1.60 bits per heavy atom. The molecule has 0 unspecified atom stereocenters. The van der Waals surface area contributed by atoms with E-state index in [1.165, 1.54) is 11.0 Å². The monoisotopic (exact) mass is 203 g/mol. The van der Waals surface area contributed by atoms with Gasteiger partial charge in [-0.25, -0.2) is 0 Å². The van der Waals surface area contributed by atoms with Crippen LogP contribution < -0.4 is 0 Å². The molecule has 0 atom stereocenters. The van der Waals surface area contributed by atoms with E-state index in [-0.39, 0.29) is 11.7 Å². The van der Waals surface area contributed by atoms with Gasteiger partial charge in [-0.05, 0) is 18.2 Å². The maximum Gasteiger partial charge on any atom is 0.253 e. The highest BCUT2D eigenvalue weighted by molar-refractivity contribution is 6.04. The summed E-state index contributed by atoms with van der Waals surface area (Å²) in [6.45, 7) is 3.40. The number of carbonyl (C=O) groups excluding carboxylic acids is 2. The molecular weight excluding hydrogens is 190 g/mol. The van der Waals surface area contributed by atoms with Gasteiger partial charge in [0.2, 0.25) is 0 Å². The van der Waals surface area contributed by atoms with Gasteiger partial charge >= 0.3 is 0 Å². The second-order valence-electron chi connectivity index (χ2n) is 3.35. The van der Waals surface area contributed by atoms with Gasteiger partial charge in [0.1, 0.15) is 0 Å². The number of nitrogens with zero attached hydrogens (tertiary/aromatic N) is 1. The number of hydrogen-bond donors (Lipinski definition) is 0. The van der Waals surface area contributed by atoms with Gasteiger partial charge in [-0.1, -0.05) is 18.7 Å². The highest BCUT2D eigenvalue weighted by Gasteiger charge is 2.08. The van der Waals surface area contributed by atoms with Crippen molar-refractivity contribution >= 4 is 11.7 Å². The average Bonchev–Trinajstić information content (AvgIpc) is 2.27. The summed E-state index contributed by atoms with van der Waals surface area (Å²) in [5.41, 5.74) is 1.11. The number of benzene rings is 1. The second kappa shape index (κ2) is 4.55. The standard InChI is InChI=1S/C12H13NO2/c1-4-11(14)9-5-7-10(8-6-9)12(15)13(2)3/h4-8H,1H2,2-3H3. The third-order valence-corrected chi connectivity index (χ3v) is 2.01. The minimum absolute atomic E-state index is 0.0763. The number of amides is 1. The van der Waals surface area contributed by atoms with Crippen LogP contribution in [0.1, 0.15) is 20.7 Å². The number of allylic oxidation sites excluding steroid dienone is 1. The Labute approximate surface area is 89.0 Å². The molecule has 0 saturated carbocycles. The Kier molecular flexibility index (Phi) is 3.39. The highest BCUT2D eigenvalue weighted by atomic mass is 16.2. The molecule has 3 heteroatoms. The van der Waals surface area contributed by atoms with Gasteiger partial charge in [0.15, 0.2) is 5.78 Å². The Bertz CT molecular complexity index is 391. The molecule has 1 amide bonds. The predicted octanol–water partition coefficient (Wildman–Crippen LogP) is 1.76. The fourth-order valence-corrected chi connectivity index (χ4v) is 1.15. The van der Waals surface area contributed by atoms with Crippen LogP contribution in [0.5, 0.6) is 0 Å². The normalized spacial score (nSPS) is 9.47. The molecule has 0 heterocycles. The Balaban J connectivity index is 2.95. The van der Waals surface area contributed by atoms with Crippen molar-refractivity contribution in [3.8, 4) is 0 Å². The van der Waals surface area contributed by atoms with Crippen LogP contribution in [0, 0.1) is 0 Å². The van der Waals surface area contributed by atoms with Crippen LogP contribution in [0.25, 0.3) is 0 Å². The molecule has 0 fully saturated rings. The van der Waals surface area contributed by atoms with Crippen molar-refractivity contribution in [3.63, 3.8) is 0 Å². The lowest BCUT2D eigenvalue weighted by molar-refractivity contribution is 0.0827. The summed E-state index contributed by atoms with van der Waals surface area (Å²) in [5.74, 6) is -0.216. The van der Waals surface area contributed by atoms with E-state index in [2.05, 4.69) is 6.58 Å². The third kappa shape index (κ3) is 2.53. The lowest BCUT2D eigenvalue weighted by Gasteiger charge is -2.09. The zero-order valence-corrected chi connectivity index (χ0v) is 8.86. The second-order valence-corrected chi connectivity index (χ2v) is 3.35. The van der Waals surface area contributed by atoms with E-state index in [9.17, 15) is 9.59 Å². The summed E-state index contributed by atoms with van der Waals surface area (Å²) in [4.78, 5) is 24.2. The minimum atomic E-state index is -0.140. The van der Waals surface area contributed by atoms with Gasteiger partial charge < -0.3 is 4.90 Å². The van der Waals surface area contributed by atoms with Crippen LogP contribution in [-0.2, 0) is 0 Å². The molecule has 0 aromatic heterocycles. The lowest BCUT2D eigenvalue weighted by atomic mass is 10.1. The van der Waals surface area contributed by atoms with Crippen molar-refractivity contribution in [1.82, 2.24) is 4.90 Å². The molecule has 0 aliphatic carbocycles. The van der Waals surface area contributed by atoms with E-state index in [0.29, 0.717) is 11.1 Å². The zero-order chi connectivity index (χ0) is 11.4. The fourth-order valence-electron chi connectivity index (χ4n) is 1.15. The van der Waals surface area contributed by atoms with E-state index < -0.39 is 0 Å². The zero-order valence-electron chi connectivity index (χ0n) is 8.86. The summed E-state index contributed by atoms with van der Waals surface area (Å²) in [6, 6.07) is 6.53. The van der Waals surface area contributed by atoms with E-state index >= 15 is 0 Å². The molecule has 0 aliphatic rings. The summed E-state index contributed by atoms with van der Waals surface area (Å²) >= 11 is 0. The van der Waals surface area contributed by atoms with Crippen LogP contribution in [0.2, 0.25) is 0 Å². The SMILES string of the molecule is C=CC(=O)c1ccc(C(=O)N(C)C)cc1. The molecule has 0 aliphatic heterocycles. The van der Waals surface area contributed by atoms with Crippen molar-refractivity contribution in [1.29, 1.82) is 0 Å². The van der Waals surface area contributed by atoms with Crippen molar-refractivity contribution in [2.45, 2.75) is 0 Å². The van der Waals surface area contributed by atoms with E-state index in [0.717, 1.165) is 0 Å². The number of rotatable bonds is 3. The maximum absolute atomic E-state index is 11.5. The van der Waals surface area contributed by atoms with Crippen molar-refractivity contribution in [2.75, 3.05) is 14.1 Å². The Morgan fingerprint density at radius 3 is 2.00 bits per heavy atom. The Morgan fingerprint density at radius 1 is 1.13 bits per heavy atom. The van der Waals surface area contributed by atoms with Crippen LogP contribution in [0.3, 0.4) is 0 Å². The first kappa shape index (κ1) is 11.2. The molecule has 0 radical (unpaired) electrons. The van der Waals surface area contributed by atoms with Gasteiger partial charge in [0.05, 0.1) is 0 Å². The number of carbonyl (C=O) groups is 2. The molecular formula is C12H13NO2. The van der Waals surface area contributed by atoms with Crippen molar-refractivity contribution in [3.05, 3.63) is 48.0 Å². The first-order valence-electron chi connectivity index (χ1n) is 4.54. The number of hydrogen-bond acceptors (Lipinski definition) is 2. The van der Waals surface area contributed by atoms with Gasteiger partial charge in [0.25, 0.3) is 5.91 Å². The predicted molar refractivity (Wildman–Crippen MR) is 59.0 cm³/mol. The smallest absolute Gasteiger partial charge is 0.253 e. The molecule has 0 bridgehead atoms. The average molecular weight is 203 g/mol. The van der Waals surface area contributed by atoms with E-state index in [1.807, 2.05) is 0 Å². The highest BCUT2D eigenvalue weighted by Crippen LogP contribution is 2.07. The third-order valence-electron chi connectivity index (χ3n) is 2.01. The van der Waals surface area contributed by atoms with Gasteiger partial charge in [-0.3, -0.25) is 9.59 Å². The van der Waals surface area contributed by atoms with Crippen LogP contribution in [0.4, 0.5) is 0 Å². The summed E-state index contributed by atoms with van der Waals surface area (Å²) in [7, 11) is 3.37. The molecule has 1 aromatic rings. The Hall–Kier alpha value is -1.90. The first-order valence-corrected chi connectivity index (χ1v) is 4.54.